The maximum Gasteiger partial charge on any atom is 0.367 e. The van der Waals surface area contributed by atoms with Gasteiger partial charge in [0.25, 0.3) is 0 Å². The maximum absolute atomic E-state index is 13.1. The van der Waals surface area contributed by atoms with Gasteiger partial charge in [0.05, 0.1) is 19.9 Å². The molecule has 6 nitrogen and oxygen atoms in total. The molecule has 5 aromatic rings. The van der Waals surface area contributed by atoms with Gasteiger partial charge in [-0.2, -0.15) is 9.61 Å². The van der Waals surface area contributed by atoms with Crippen LogP contribution in [0.25, 0.3) is 27.9 Å². The number of rotatable bonds is 6. The van der Waals surface area contributed by atoms with E-state index in [1.807, 2.05) is 72.8 Å². The van der Waals surface area contributed by atoms with Gasteiger partial charge in [-0.05, 0) is 59.5 Å². The van der Waals surface area contributed by atoms with Gasteiger partial charge in [0, 0.05) is 21.2 Å². The van der Waals surface area contributed by atoms with E-state index >= 15 is 0 Å². The van der Waals surface area contributed by atoms with Gasteiger partial charge in [-0.1, -0.05) is 59.6 Å². The number of halogens is 2. The first-order chi connectivity index (χ1) is 16.5. The van der Waals surface area contributed by atoms with Crippen molar-refractivity contribution >= 4 is 28.8 Å². The van der Waals surface area contributed by atoms with Gasteiger partial charge >= 0.3 is 5.69 Å². The fourth-order valence-corrected chi connectivity index (χ4v) is 4.13. The highest BCUT2D eigenvalue weighted by atomic mass is 35.5. The molecule has 0 N–H and O–H groups in total. The van der Waals surface area contributed by atoms with E-state index in [1.54, 1.807) is 13.3 Å². The summed E-state index contributed by atoms with van der Waals surface area (Å²) in [4.78, 5) is 13.1. The maximum atomic E-state index is 13.1. The van der Waals surface area contributed by atoms with Crippen molar-refractivity contribution in [1.82, 2.24) is 19.4 Å². The molecule has 34 heavy (non-hydrogen) atoms. The largest absolute Gasteiger partial charge is 0.497 e. The predicted octanol–water partition coefficient (Wildman–Crippen LogP) is 5.78. The van der Waals surface area contributed by atoms with Crippen molar-refractivity contribution in [2.75, 3.05) is 7.11 Å². The zero-order valence-corrected chi connectivity index (χ0v) is 19.8. The molecule has 0 aliphatic carbocycles. The molecule has 170 valence electrons. The molecule has 0 fully saturated rings. The standard InChI is InChI=1S/C26H20Cl2N4O2/c1-34-22-12-2-17(3-13-22)14-15-31-26(33)32-25(30-31)24(19-6-10-21(28)11-7-19)23(16-29-32)18-4-8-20(27)9-5-18/h2-13,16H,14-15H2,1H3. The number of benzene rings is 3. The Kier molecular flexibility index (Phi) is 6.09. The van der Waals surface area contributed by atoms with E-state index in [9.17, 15) is 4.79 Å². The van der Waals surface area contributed by atoms with E-state index in [0.29, 0.717) is 28.7 Å². The van der Waals surface area contributed by atoms with Gasteiger partial charge in [0.2, 0.25) is 0 Å². The molecule has 0 aliphatic rings. The molecule has 0 spiro atoms. The van der Waals surface area contributed by atoms with Crippen LogP contribution in [-0.2, 0) is 13.0 Å². The number of methoxy groups -OCH3 is 1. The molecule has 0 atom stereocenters. The fraction of sp³-hybridized carbons (Fsp3) is 0.115. The number of aromatic nitrogens is 4. The molecule has 2 heterocycles. The first-order valence-corrected chi connectivity index (χ1v) is 11.4. The smallest absolute Gasteiger partial charge is 0.367 e. The Morgan fingerprint density at radius 3 is 2.09 bits per heavy atom. The monoisotopic (exact) mass is 490 g/mol. The lowest BCUT2D eigenvalue weighted by Gasteiger charge is -2.11. The minimum atomic E-state index is -0.290. The topological polar surface area (TPSA) is 61.4 Å². The van der Waals surface area contributed by atoms with E-state index < -0.39 is 0 Å². The van der Waals surface area contributed by atoms with Gasteiger partial charge < -0.3 is 4.74 Å². The molecular formula is C26H20Cl2N4O2. The van der Waals surface area contributed by atoms with E-state index in [0.717, 1.165) is 33.6 Å². The summed E-state index contributed by atoms with van der Waals surface area (Å²) < 4.78 is 8.01. The molecule has 2 aromatic heterocycles. The molecule has 8 heteroatoms. The molecule has 0 aliphatic heterocycles. The second kappa shape index (κ2) is 9.33. The number of hydrogen-bond acceptors (Lipinski definition) is 4. The first kappa shape index (κ1) is 22.2. The normalized spacial score (nSPS) is 11.1. The van der Waals surface area contributed by atoms with Crippen LogP contribution >= 0.6 is 23.2 Å². The van der Waals surface area contributed by atoms with Crippen molar-refractivity contribution in [3.05, 3.63) is 105 Å². The van der Waals surface area contributed by atoms with Crippen LogP contribution in [0.15, 0.2) is 83.8 Å². The molecule has 3 aromatic carbocycles. The Morgan fingerprint density at radius 1 is 0.853 bits per heavy atom. The van der Waals surface area contributed by atoms with Gasteiger partial charge in [0.1, 0.15) is 5.75 Å². The average Bonchev–Trinajstić information content (AvgIpc) is 3.19. The molecule has 0 amide bonds. The molecule has 0 saturated carbocycles. The third-order valence-electron chi connectivity index (χ3n) is 5.67. The lowest BCUT2D eigenvalue weighted by Crippen LogP contribution is -2.23. The summed E-state index contributed by atoms with van der Waals surface area (Å²) >= 11 is 12.2. The molecule has 0 bridgehead atoms. The number of ether oxygens (including phenoxy) is 1. The van der Waals surface area contributed by atoms with Gasteiger partial charge in [-0.3, -0.25) is 0 Å². The Morgan fingerprint density at radius 2 is 1.47 bits per heavy atom. The van der Waals surface area contributed by atoms with Crippen molar-refractivity contribution in [3.8, 4) is 28.0 Å². The molecule has 0 radical (unpaired) electrons. The van der Waals surface area contributed by atoms with Crippen molar-refractivity contribution < 1.29 is 4.74 Å². The van der Waals surface area contributed by atoms with Crippen LogP contribution in [0.4, 0.5) is 0 Å². The summed E-state index contributed by atoms with van der Waals surface area (Å²) in [6.07, 6.45) is 2.34. The summed E-state index contributed by atoms with van der Waals surface area (Å²) in [5.41, 5.74) is 4.72. The van der Waals surface area contributed by atoms with Gasteiger partial charge in [0.15, 0.2) is 5.65 Å². The highest BCUT2D eigenvalue weighted by Crippen LogP contribution is 2.35. The number of hydrogen-bond donors (Lipinski definition) is 0. The van der Waals surface area contributed by atoms with Crippen LogP contribution in [0.3, 0.4) is 0 Å². The Balaban J connectivity index is 1.61. The third kappa shape index (κ3) is 4.30. The van der Waals surface area contributed by atoms with Crippen molar-refractivity contribution in [2.24, 2.45) is 0 Å². The third-order valence-corrected chi connectivity index (χ3v) is 6.18. The number of nitrogens with zero attached hydrogens (tertiary/aromatic N) is 4. The van der Waals surface area contributed by atoms with Crippen LogP contribution in [-0.4, -0.2) is 26.5 Å². The Bertz CT molecular complexity index is 1510. The quantitative estimate of drug-likeness (QED) is 0.302. The highest BCUT2D eigenvalue weighted by Gasteiger charge is 2.18. The van der Waals surface area contributed by atoms with Crippen LogP contribution in [0.1, 0.15) is 5.56 Å². The summed E-state index contributed by atoms with van der Waals surface area (Å²) in [5.74, 6) is 0.792. The Hall–Kier alpha value is -3.61. The van der Waals surface area contributed by atoms with Crippen molar-refractivity contribution in [1.29, 1.82) is 0 Å². The van der Waals surface area contributed by atoms with E-state index in [1.165, 1.54) is 9.20 Å². The van der Waals surface area contributed by atoms with Gasteiger partial charge in [-0.25, -0.2) is 9.48 Å². The van der Waals surface area contributed by atoms with Crippen LogP contribution < -0.4 is 10.4 Å². The van der Waals surface area contributed by atoms with Gasteiger partial charge in [-0.15, -0.1) is 5.10 Å². The van der Waals surface area contributed by atoms with Crippen LogP contribution in [0.5, 0.6) is 5.75 Å². The van der Waals surface area contributed by atoms with E-state index in [-0.39, 0.29) is 5.69 Å². The zero-order chi connectivity index (χ0) is 23.7. The number of fused-ring (bicyclic) bond motifs is 1. The summed E-state index contributed by atoms with van der Waals surface area (Å²) in [7, 11) is 1.63. The SMILES string of the molecule is COc1ccc(CCn2nc3c(-c4ccc(Cl)cc4)c(-c4ccc(Cl)cc4)cnn3c2=O)cc1. The predicted molar refractivity (Wildman–Crippen MR) is 135 cm³/mol. The number of aryl methyl sites for hydroxylation is 2. The molecule has 0 saturated heterocycles. The first-order valence-electron chi connectivity index (χ1n) is 10.7. The minimum Gasteiger partial charge on any atom is -0.497 e. The van der Waals surface area contributed by atoms with Crippen LogP contribution in [0.2, 0.25) is 10.0 Å². The van der Waals surface area contributed by atoms with E-state index in [4.69, 9.17) is 27.9 Å². The lowest BCUT2D eigenvalue weighted by molar-refractivity contribution is 0.414. The van der Waals surface area contributed by atoms with Crippen molar-refractivity contribution in [3.63, 3.8) is 0 Å². The second-order valence-electron chi connectivity index (χ2n) is 7.79. The molecule has 0 unspecified atom stereocenters. The molecular weight excluding hydrogens is 471 g/mol. The second-order valence-corrected chi connectivity index (χ2v) is 8.66. The fourth-order valence-electron chi connectivity index (χ4n) is 3.88. The molecule has 5 rings (SSSR count). The Labute approximate surface area is 206 Å². The van der Waals surface area contributed by atoms with Crippen molar-refractivity contribution in [2.45, 2.75) is 13.0 Å². The summed E-state index contributed by atoms with van der Waals surface area (Å²) in [5, 5.41) is 10.4. The zero-order valence-electron chi connectivity index (χ0n) is 18.3. The lowest BCUT2D eigenvalue weighted by atomic mass is 9.97. The summed E-state index contributed by atoms with van der Waals surface area (Å²) in [6, 6.07) is 22.7. The minimum absolute atomic E-state index is 0.290. The van der Waals surface area contributed by atoms with Crippen LogP contribution in [0, 0.1) is 0 Å². The summed E-state index contributed by atoms with van der Waals surface area (Å²) in [6.45, 7) is 0.421. The highest BCUT2D eigenvalue weighted by molar-refractivity contribution is 6.31. The van der Waals surface area contributed by atoms with E-state index in [2.05, 4.69) is 10.2 Å². The average molecular weight is 491 g/mol.